The number of para-hydroxylation sites is 1. The Labute approximate surface area is 176 Å². The fourth-order valence-electron chi connectivity index (χ4n) is 4.40. The predicted molar refractivity (Wildman–Crippen MR) is 116 cm³/mol. The lowest BCUT2D eigenvalue weighted by Gasteiger charge is -2.36. The summed E-state index contributed by atoms with van der Waals surface area (Å²) in [6.45, 7) is 5.98. The quantitative estimate of drug-likeness (QED) is 0.666. The molecule has 4 heterocycles. The Morgan fingerprint density at radius 3 is 2.53 bits per heavy atom. The van der Waals surface area contributed by atoms with E-state index in [1.807, 2.05) is 18.3 Å². The molecule has 6 nitrogen and oxygen atoms in total. The van der Waals surface area contributed by atoms with Crippen LogP contribution in [0.2, 0.25) is 0 Å². The molecule has 7 heteroatoms. The second kappa shape index (κ2) is 8.07. The van der Waals surface area contributed by atoms with E-state index in [1.165, 1.54) is 23.0 Å². The third-order valence-corrected chi connectivity index (χ3v) is 6.19. The largest absolute Gasteiger partial charge is 0.366 e. The molecule has 0 aliphatic carbocycles. The number of fused-ring (bicyclic) bond motifs is 1. The van der Waals surface area contributed by atoms with Crippen molar-refractivity contribution < 1.29 is 4.39 Å². The maximum atomic E-state index is 14.1. The van der Waals surface area contributed by atoms with Crippen molar-refractivity contribution in [1.29, 1.82) is 0 Å². The van der Waals surface area contributed by atoms with Gasteiger partial charge in [0.1, 0.15) is 5.82 Å². The molecule has 1 aromatic carbocycles. The molecule has 1 saturated heterocycles. The molecule has 0 amide bonds. The van der Waals surface area contributed by atoms with Crippen molar-refractivity contribution in [3.63, 3.8) is 0 Å². The lowest BCUT2D eigenvalue weighted by atomic mass is 10.1. The first kappa shape index (κ1) is 19.1. The van der Waals surface area contributed by atoms with Crippen LogP contribution in [-0.2, 0) is 26.6 Å². The Hall–Kier alpha value is -2.93. The summed E-state index contributed by atoms with van der Waals surface area (Å²) in [4.78, 5) is 16.3. The SMILES string of the molecule is Cn1cccc1CN1CCc2nc(N3CCN(c4ccccc4F)CC3)ncc2C1. The van der Waals surface area contributed by atoms with Gasteiger partial charge in [-0.3, -0.25) is 4.90 Å². The summed E-state index contributed by atoms with van der Waals surface area (Å²) < 4.78 is 16.2. The van der Waals surface area contributed by atoms with Crippen molar-refractivity contribution in [2.75, 3.05) is 42.5 Å². The number of hydrogen-bond acceptors (Lipinski definition) is 5. The van der Waals surface area contributed by atoms with Crippen molar-refractivity contribution in [2.45, 2.75) is 19.5 Å². The minimum atomic E-state index is -0.157. The highest BCUT2D eigenvalue weighted by Crippen LogP contribution is 2.24. The second-order valence-corrected chi connectivity index (χ2v) is 8.14. The summed E-state index contributed by atoms with van der Waals surface area (Å²) >= 11 is 0. The topological polar surface area (TPSA) is 40.4 Å². The van der Waals surface area contributed by atoms with Gasteiger partial charge in [-0.05, 0) is 24.3 Å². The zero-order valence-electron chi connectivity index (χ0n) is 17.3. The van der Waals surface area contributed by atoms with Gasteiger partial charge >= 0.3 is 0 Å². The molecule has 0 unspecified atom stereocenters. The summed E-state index contributed by atoms with van der Waals surface area (Å²) in [6, 6.07) is 11.3. The molecule has 0 saturated carbocycles. The molecule has 5 rings (SSSR count). The van der Waals surface area contributed by atoms with Crippen LogP contribution < -0.4 is 9.80 Å². The van der Waals surface area contributed by atoms with Gasteiger partial charge in [-0.15, -0.1) is 0 Å². The lowest BCUT2D eigenvalue weighted by Crippen LogP contribution is -2.47. The molecule has 0 atom stereocenters. The number of halogens is 1. The average molecular weight is 407 g/mol. The molecule has 1 fully saturated rings. The molecule has 0 bridgehead atoms. The third kappa shape index (κ3) is 3.77. The zero-order valence-corrected chi connectivity index (χ0v) is 17.3. The normalized spacial score (nSPS) is 17.3. The van der Waals surface area contributed by atoms with E-state index in [0.29, 0.717) is 5.69 Å². The Morgan fingerprint density at radius 1 is 0.967 bits per heavy atom. The highest BCUT2D eigenvalue weighted by molar-refractivity contribution is 5.49. The van der Waals surface area contributed by atoms with Gasteiger partial charge in [0, 0.05) is 82.9 Å². The monoisotopic (exact) mass is 406 g/mol. The number of piperazine rings is 1. The molecular formula is C23H27FN6. The summed E-state index contributed by atoms with van der Waals surface area (Å²) in [6.07, 6.45) is 5.04. The van der Waals surface area contributed by atoms with Crippen LogP contribution in [0, 0.1) is 5.82 Å². The highest BCUT2D eigenvalue weighted by Gasteiger charge is 2.24. The fourth-order valence-corrected chi connectivity index (χ4v) is 4.40. The van der Waals surface area contributed by atoms with Gasteiger partial charge in [0.15, 0.2) is 0 Å². The van der Waals surface area contributed by atoms with E-state index >= 15 is 0 Å². The van der Waals surface area contributed by atoms with E-state index in [1.54, 1.807) is 6.07 Å². The molecule has 2 aromatic heterocycles. The molecular weight excluding hydrogens is 379 g/mol. The lowest BCUT2D eigenvalue weighted by molar-refractivity contribution is 0.238. The van der Waals surface area contributed by atoms with Crippen LogP contribution in [0.1, 0.15) is 17.0 Å². The molecule has 2 aliphatic rings. The molecule has 30 heavy (non-hydrogen) atoms. The Bertz CT molecular complexity index is 1020. The average Bonchev–Trinajstić information content (AvgIpc) is 3.18. The van der Waals surface area contributed by atoms with E-state index in [0.717, 1.165) is 58.2 Å². The van der Waals surface area contributed by atoms with E-state index in [-0.39, 0.29) is 5.82 Å². The smallest absolute Gasteiger partial charge is 0.225 e. The maximum Gasteiger partial charge on any atom is 0.225 e. The maximum absolute atomic E-state index is 14.1. The Kier molecular flexibility index (Phi) is 5.12. The van der Waals surface area contributed by atoms with Crippen LogP contribution in [0.3, 0.4) is 0 Å². The molecule has 0 spiro atoms. The van der Waals surface area contributed by atoms with E-state index < -0.39 is 0 Å². The van der Waals surface area contributed by atoms with Crippen molar-refractivity contribution in [2.24, 2.45) is 7.05 Å². The second-order valence-electron chi connectivity index (χ2n) is 8.14. The van der Waals surface area contributed by atoms with Gasteiger partial charge < -0.3 is 14.4 Å². The van der Waals surface area contributed by atoms with Gasteiger partial charge in [-0.2, -0.15) is 0 Å². The van der Waals surface area contributed by atoms with Crippen LogP contribution in [-0.4, -0.2) is 52.2 Å². The van der Waals surface area contributed by atoms with Crippen LogP contribution in [0.5, 0.6) is 0 Å². The van der Waals surface area contributed by atoms with Gasteiger partial charge in [0.25, 0.3) is 0 Å². The van der Waals surface area contributed by atoms with Crippen LogP contribution in [0.15, 0.2) is 48.8 Å². The summed E-state index contributed by atoms with van der Waals surface area (Å²) in [5, 5.41) is 0. The minimum Gasteiger partial charge on any atom is -0.366 e. The van der Waals surface area contributed by atoms with Crippen molar-refractivity contribution >= 4 is 11.6 Å². The third-order valence-electron chi connectivity index (χ3n) is 6.19. The molecule has 2 aliphatic heterocycles. The number of aryl methyl sites for hydroxylation is 1. The van der Waals surface area contributed by atoms with Crippen LogP contribution in [0.4, 0.5) is 16.0 Å². The Morgan fingerprint density at radius 2 is 1.77 bits per heavy atom. The van der Waals surface area contributed by atoms with E-state index in [4.69, 9.17) is 4.98 Å². The summed E-state index contributed by atoms with van der Waals surface area (Å²) in [7, 11) is 2.09. The van der Waals surface area contributed by atoms with Crippen LogP contribution >= 0.6 is 0 Å². The Balaban J connectivity index is 1.23. The highest BCUT2D eigenvalue weighted by atomic mass is 19.1. The van der Waals surface area contributed by atoms with Crippen molar-refractivity contribution in [3.8, 4) is 0 Å². The molecule has 0 radical (unpaired) electrons. The minimum absolute atomic E-state index is 0.157. The fraction of sp³-hybridized carbons (Fsp3) is 0.391. The van der Waals surface area contributed by atoms with Gasteiger partial charge in [-0.25, -0.2) is 14.4 Å². The van der Waals surface area contributed by atoms with Crippen LogP contribution in [0.25, 0.3) is 0 Å². The molecule has 0 N–H and O–H groups in total. The van der Waals surface area contributed by atoms with E-state index in [9.17, 15) is 4.39 Å². The zero-order chi connectivity index (χ0) is 20.5. The summed E-state index contributed by atoms with van der Waals surface area (Å²) in [5.74, 6) is 0.647. The molecule has 3 aromatic rings. The van der Waals surface area contributed by atoms with E-state index in [2.05, 4.69) is 49.6 Å². The first-order chi connectivity index (χ1) is 14.7. The van der Waals surface area contributed by atoms with Crippen molar-refractivity contribution in [1.82, 2.24) is 19.4 Å². The molecule has 156 valence electrons. The van der Waals surface area contributed by atoms with Gasteiger partial charge in [-0.1, -0.05) is 12.1 Å². The number of aromatic nitrogens is 3. The first-order valence-corrected chi connectivity index (χ1v) is 10.6. The first-order valence-electron chi connectivity index (χ1n) is 10.6. The van der Waals surface area contributed by atoms with Crippen molar-refractivity contribution in [3.05, 3.63) is 71.6 Å². The number of benzene rings is 1. The number of nitrogens with zero attached hydrogens (tertiary/aromatic N) is 6. The number of rotatable bonds is 4. The number of anilines is 2. The van der Waals surface area contributed by atoms with Gasteiger partial charge in [0.2, 0.25) is 5.95 Å². The standard InChI is InChI=1S/C23H27FN6/c1-27-9-4-5-19(27)17-28-10-8-21-18(16-28)15-25-23(26-21)30-13-11-29(12-14-30)22-7-3-2-6-20(22)24/h2-7,9,15H,8,10-14,16-17H2,1H3. The van der Waals surface area contributed by atoms with Gasteiger partial charge in [0.05, 0.1) is 11.4 Å². The number of hydrogen-bond donors (Lipinski definition) is 0. The predicted octanol–water partition coefficient (Wildman–Crippen LogP) is 2.84. The summed E-state index contributed by atoms with van der Waals surface area (Å²) in [5.41, 5.74) is 4.40.